The minimum Gasteiger partial charge on any atom is -0.471 e. The van der Waals surface area contributed by atoms with Crippen molar-refractivity contribution in [3.63, 3.8) is 0 Å². The van der Waals surface area contributed by atoms with E-state index in [1.54, 1.807) is 11.1 Å². The van der Waals surface area contributed by atoms with Crippen molar-refractivity contribution in [3.8, 4) is 5.88 Å². The predicted molar refractivity (Wildman–Crippen MR) is 87.4 cm³/mol. The van der Waals surface area contributed by atoms with Crippen LogP contribution in [0.4, 0.5) is 13.2 Å². The Kier molecular flexibility index (Phi) is 5.39. The highest BCUT2D eigenvalue weighted by atomic mass is 19.4. The maximum atomic E-state index is 12.8. The Morgan fingerprint density at radius 3 is 2.88 bits per heavy atom. The van der Waals surface area contributed by atoms with Crippen LogP contribution < -0.4 is 4.74 Å². The summed E-state index contributed by atoms with van der Waals surface area (Å²) in [5.74, 6) is 0.182. The van der Waals surface area contributed by atoms with Crippen LogP contribution in [0.1, 0.15) is 24.0 Å². The topological polar surface area (TPSA) is 55.3 Å². The Labute approximate surface area is 148 Å². The molecule has 1 aromatic carbocycles. The number of ether oxygens (including phenoxy) is 1. The molecule has 1 atom stereocenters. The molecule has 0 bridgehead atoms. The number of carbonyl (C=O) groups is 1. The first kappa shape index (κ1) is 18.2. The van der Waals surface area contributed by atoms with Gasteiger partial charge >= 0.3 is 6.18 Å². The third-order valence-corrected chi connectivity index (χ3v) is 4.17. The van der Waals surface area contributed by atoms with Crippen LogP contribution in [0.15, 0.2) is 42.9 Å². The van der Waals surface area contributed by atoms with Crippen LogP contribution >= 0.6 is 0 Å². The number of nitrogens with zero attached hydrogens (tertiary/aromatic N) is 3. The molecule has 8 heteroatoms. The molecule has 1 aliphatic heterocycles. The van der Waals surface area contributed by atoms with Crippen molar-refractivity contribution in [2.75, 3.05) is 13.1 Å². The summed E-state index contributed by atoms with van der Waals surface area (Å²) in [7, 11) is 0. The molecule has 2 aromatic rings. The summed E-state index contributed by atoms with van der Waals surface area (Å²) in [6, 6.07) is 4.88. The highest BCUT2D eigenvalue weighted by Crippen LogP contribution is 2.29. The van der Waals surface area contributed by atoms with Crippen molar-refractivity contribution in [1.29, 1.82) is 0 Å². The first-order chi connectivity index (χ1) is 12.4. The predicted octanol–water partition coefficient (Wildman–Crippen LogP) is 3.11. The van der Waals surface area contributed by atoms with Crippen molar-refractivity contribution >= 4 is 5.91 Å². The molecule has 138 valence electrons. The van der Waals surface area contributed by atoms with Crippen molar-refractivity contribution < 1.29 is 22.7 Å². The highest BCUT2D eigenvalue weighted by molar-refractivity contribution is 5.79. The van der Waals surface area contributed by atoms with Crippen LogP contribution in [0.5, 0.6) is 5.88 Å². The van der Waals surface area contributed by atoms with Crippen LogP contribution in [0.3, 0.4) is 0 Å². The number of piperidine rings is 1. The Hall–Kier alpha value is -2.64. The molecule has 0 N–H and O–H groups in total. The molecule has 0 spiro atoms. The lowest BCUT2D eigenvalue weighted by Crippen LogP contribution is -2.45. The molecule has 5 nitrogen and oxygen atoms in total. The fourth-order valence-corrected chi connectivity index (χ4v) is 2.92. The van der Waals surface area contributed by atoms with Gasteiger partial charge in [0, 0.05) is 18.9 Å². The molecule has 0 saturated carbocycles. The van der Waals surface area contributed by atoms with E-state index in [0.717, 1.165) is 25.0 Å². The van der Waals surface area contributed by atoms with Crippen LogP contribution in [0.25, 0.3) is 0 Å². The molecule has 1 aliphatic rings. The lowest BCUT2D eigenvalue weighted by atomic mass is 10.0. The van der Waals surface area contributed by atoms with E-state index in [1.165, 1.54) is 24.5 Å². The molecule has 1 amide bonds. The van der Waals surface area contributed by atoms with Gasteiger partial charge in [0.15, 0.2) is 0 Å². The van der Waals surface area contributed by atoms with E-state index in [0.29, 0.717) is 24.5 Å². The Morgan fingerprint density at radius 2 is 2.15 bits per heavy atom. The second-order valence-corrected chi connectivity index (χ2v) is 6.14. The van der Waals surface area contributed by atoms with Gasteiger partial charge in [-0.15, -0.1) is 0 Å². The smallest absolute Gasteiger partial charge is 0.416 e. The van der Waals surface area contributed by atoms with Crippen LogP contribution in [0.2, 0.25) is 0 Å². The number of benzene rings is 1. The molecule has 1 aromatic heterocycles. The van der Waals surface area contributed by atoms with Gasteiger partial charge in [-0.3, -0.25) is 9.78 Å². The van der Waals surface area contributed by atoms with Gasteiger partial charge in [-0.25, -0.2) is 4.98 Å². The first-order valence-electron chi connectivity index (χ1n) is 8.28. The van der Waals surface area contributed by atoms with Crippen molar-refractivity contribution in [1.82, 2.24) is 14.9 Å². The SMILES string of the molecule is O=C(Cc1cccc(C(F)(F)F)c1)N1CCCC(Oc2cnccn2)C1. The maximum Gasteiger partial charge on any atom is 0.416 e. The minimum atomic E-state index is -4.42. The van der Waals surface area contributed by atoms with Gasteiger partial charge in [0.25, 0.3) is 0 Å². The number of hydrogen-bond donors (Lipinski definition) is 0. The zero-order valence-electron chi connectivity index (χ0n) is 13.9. The van der Waals surface area contributed by atoms with Gasteiger partial charge in [-0.1, -0.05) is 18.2 Å². The van der Waals surface area contributed by atoms with E-state index in [2.05, 4.69) is 9.97 Å². The van der Waals surface area contributed by atoms with Crippen LogP contribution in [0, 0.1) is 0 Å². The number of halogens is 3. The average molecular weight is 365 g/mol. The van der Waals surface area contributed by atoms with Gasteiger partial charge in [-0.2, -0.15) is 13.2 Å². The van der Waals surface area contributed by atoms with E-state index >= 15 is 0 Å². The largest absolute Gasteiger partial charge is 0.471 e. The molecule has 26 heavy (non-hydrogen) atoms. The van der Waals surface area contributed by atoms with Crippen LogP contribution in [-0.4, -0.2) is 40.0 Å². The fourth-order valence-electron chi connectivity index (χ4n) is 2.92. The Morgan fingerprint density at radius 1 is 1.31 bits per heavy atom. The summed E-state index contributed by atoms with van der Waals surface area (Å²) < 4.78 is 44.1. The van der Waals surface area contributed by atoms with E-state index in [1.807, 2.05) is 0 Å². The average Bonchev–Trinajstić information content (AvgIpc) is 2.62. The number of rotatable bonds is 4. The fraction of sp³-hybridized carbons (Fsp3) is 0.389. The Bertz CT molecular complexity index is 753. The summed E-state index contributed by atoms with van der Waals surface area (Å²) in [5.41, 5.74) is -0.396. The molecule has 2 heterocycles. The number of carbonyl (C=O) groups excluding carboxylic acids is 1. The summed E-state index contributed by atoms with van der Waals surface area (Å²) >= 11 is 0. The standard InChI is InChI=1S/C18H18F3N3O2/c19-18(20,21)14-4-1-3-13(9-14)10-17(25)24-8-2-5-15(12-24)26-16-11-22-6-7-23-16/h1,3-4,6-7,9,11,15H,2,5,8,10,12H2. The monoisotopic (exact) mass is 365 g/mol. The van der Waals surface area contributed by atoms with E-state index < -0.39 is 11.7 Å². The molecular formula is C18H18F3N3O2. The second kappa shape index (κ2) is 7.72. The zero-order valence-corrected chi connectivity index (χ0v) is 13.9. The van der Waals surface area contributed by atoms with E-state index in [4.69, 9.17) is 4.74 Å². The number of hydrogen-bond acceptors (Lipinski definition) is 4. The summed E-state index contributed by atoms with van der Waals surface area (Å²) in [4.78, 5) is 22.1. The van der Waals surface area contributed by atoms with Crippen molar-refractivity contribution in [2.24, 2.45) is 0 Å². The van der Waals surface area contributed by atoms with Crippen molar-refractivity contribution in [2.45, 2.75) is 31.5 Å². The Balaban J connectivity index is 1.61. The summed E-state index contributed by atoms with van der Waals surface area (Å²) in [6.45, 7) is 0.951. The lowest BCUT2D eigenvalue weighted by Gasteiger charge is -2.32. The van der Waals surface area contributed by atoms with Gasteiger partial charge in [-0.05, 0) is 24.5 Å². The number of amides is 1. The normalized spacial score (nSPS) is 17.8. The van der Waals surface area contributed by atoms with Crippen molar-refractivity contribution in [3.05, 3.63) is 54.0 Å². The quantitative estimate of drug-likeness (QED) is 0.836. The molecule has 1 unspecified atom stereocenters. The number of aromatic nitrogens is 2. The lowest BCUT2D eigenvalue weighted by molar-refractivity contribution is -0.138. The molecule has 3 rings (SSSR count). The minimum absolute atomic E-state index is 0.0677. The van der Waals surface area contributed by atoms with Crippen LogP contribution in [-0.2, 0) is 17.4 Å². The molecular weight excluding hydrogens is 347 g/mol. The summed E-state index contributed by atoms with van der Waals surface area (Å²) in [5, 5.41) is 0. The maximum absolute atomic E-state index is 12.8. The molecule has 0 aliphatic carbocycles. The van der Waals surface area contributed by atoms with Gasteiger partial charge < -0.3 is 9.64 Å². The third-order valence-electron chi connectivity index (χ3n) is 4.17. The second-order valence-electron chi connectivity index (χ2n) is 6.14. The summed E-state index contributed by atoms with van der Waals surface area (Å²) in [6.07, 6.45) is 1.42. The molecule has 0 radical (unpaired) electrons. The van der Waals surface area contributed by atoms with Gasteiger partial charge in [0.1, 0.15) is 6.10 Å². The number of alkyl halides is 3. The van der Waals surface area contributed by atoms with Gasteiger partial charge in [0.05, 0.1) is 24.7 Å². The zero-order chi connectivity index (χ0) is 18.6. The first-order valence-corrected chi connectivity index (χ1v) is 8.28. The highest BCUT2D eigenvalue weighted by Gasteiger charge is 2.31. The number of likely N-dealkylation sites (tertiary alicyclic amines) is 1. The molecule has 1 saturated heterocycles. The van der Waals surface area contributed by atoms with E-state index in [-0.39, 0.29) is 18.4 Å². The van der Waals surface area contributed by atoms with Gasteiger partial charge in [0.2, 0.25) is 11.8 Å². The van der Waals surface area contributed by atoms with E-state index in [9.17, 15) is 18.0 Å². The molecule has 1 fully saturated rings. The third kappa shape index (κ3) is 4.71.